The molecule has 0 spiro atoms. The van der Waals surface area contributed by atoms with E-state index in [1.807, 2.05) is 73.7 Å². The highest BCUT2D eigenvalue weighted by Gasteiger charge is 2.08. The summed E-state index contributed by atoms with van der Waals surface area (Å²) in [5.41, 5.74) is 2.32. The van der Waals surface area contributed by atoms with E-state index in [0.717, 1.165) is 29.4 Å². The first-order valence-corrected chi connectivity index (χ1v) is 9.55. The third-order valence-electron chi connectivity index (χ3n) is 4.35. The van der Waals surface area contributed by atoms with Crippen molar-refractivity contribution in [1.82, 2.24) is 0 Å². The SMILES string of the molecule is COc1ccccc1OC(C)CNc1ccc(OCCc2ccccc2)cc1. The highest BCUT2D eigenvalue weighted by atomic mass is 16.5. The molecule has 0 aromatic heterocycles. The largest absolute Gasteiger partial charge is 0.493 e. The molecule has 0 aliphatic carbocycles. The molecule has 0 saturated heterocycles. The van der Waals surface area contributed by atoms with E-state index >= 15 is 0 Å². The zero-order valence-electron chi connectivity index (χ0n) is 16.4. The van der Waals surface area contributed by atoms with Gasteiger partial charge in [-0.25, -0.2) is 0 Å². The molecule has 0 bridgehead atoms. The molecule has 0 fully saturated rings. The fourth-order valence-electron chi connectivity index (χ4n) is 2.84. The molecule has 0 aliphatic heterocycles. The lowest BCUT2D eigenvalue weighted by Crippen LogP contribution is -2.22. The molecule has 3 rings (SSSR count). The second-order valence-electron chi connectivity index (χ2n) is 6.57. The van der Waals surface area contributed by atoms with E-state index in [-0.39, 0.29) is 6.10 Å². The number of nitrogens with one attached hydrogen (secondary N) is 1. The lowest BCUT2D eigenvalue weighted by molar-refractivity contribution is 0.223. The second-order valence-corrected chi connectivity index (χ2v) is 6.57. The molecule has 1 unspecified atom stereocenters. The normalized spacial score (nSPS) is 11.5. The molecule has 0 amide bonds. The molecule has 1 N–H and O–H groups in total. The third-order valence-corrected chi connectivity index (χ3v) is 4.35. The van der Waals surface area contributed by atoms with Gasteiger partial charge in [0, 0.05) is 12.1 Å². The first-order chi connectivity index (χ1) is 13.7. The minimum atomic E-state index is -0.00176. The van der Waals surface area contributed by atoms with Gasteiger partial charge in [0.05, 0.1) is 20.3 Å². The van der Waals surface area contributed by atoms with Crippen molar-refractivity contribution in [2.75, 3.05) is 25.6 Å². The van der Waals surface area contributed by atoms with Crippen molar-refractivity contribution in [1.29, 1.82) is 0 Å². The molecule has 0 saturated carbocycles. The summed E-state index contributed by atoms with van der Waals surface area (Å²) in [5, 5.41) is 3.39. The summed E-state index contributed by atoms with van der Waals surface area (Å²) < 4.78 is 17.1. The molecule has 0 aliphatic rings. The molecule has 0 heterocycles. The zero-order valence-corrected chi connectivity index (χ0v) is 16.4. The van der Waals surface area contributed by atoms with E-state index in [1.54, 1.807) is 7.11 Å². The Labute approximate surface area is 167 Å². The minimum Gasteiger partial charge on any atom is -0.493 e. The van der Waals surface area contributed by atoms with Gasteiger partial charge < -0.3 is 19.5 Å². The van der Waals surface area contributed by atoms with Crippen molar-refractivity contribution in [2.24, 2.45) is 0 Å². The van der Waals surface area contributed by atoms with Crippen molar-refractivity contribution >= 4 is 5.69 Å². The highest BCUT2D eigenvalue weighted by molar-refractivity contribution is 5.46. The number of hydrogen-bond donors (Lipinski definition) is 1. The van der Waals surface area contributed by atoms with Gasteiger partial charge >= 0.3 is 0 Å². The number of anilines is 1. The molecule has 146 valence electrons. The Bertz CT molecular complexity index is 834. The molecule has 4 nitrogen and oxygen atoms in total. The van der Waals surface area contributed by atoms with Crippen molar-refractivity contribution in [2.45, 2.75) is 19.4 Å². The van der Waals surface area contributed by atoms with Crippen LogP contribution >= 0.6 is 0 Å². The van der Waals surface area contributed by atoms with E-state index in [9.17, 15) is 0 Å². The summed E-state index contributed by atoms with van der Waals surface area (Å²) in [4.78, 5) is 0. The monoisotopic (exact) mass is 377 g/mol. The molecule has 0 radical (unpaired) electrons. The maximum atomic E-state index is 5.96. The standard InChI is InChI=1S/C24H27NO3/c1-19(28-24-11-7-6-10-23(24)26-2)18-25-21-12-14-22(15-13-21)27-17-16-20-8-4-3-5-9-20/h3-15,19,25H,16-18H2,1-2H3. The first-order valence-electron chi connectivity index (χ1n) is 9.55. The van der Waals surface area contributed by atoms with E-state index < -0.39 is 0 Å². The van der Waals surface area contributed by atoms with Crippen LogP contribution in [0.4, 0.5) is 5.69 Å². The molecule has 4 heteroatoms. The maximum absolute atomic E-state index is 5.96. The number of benzene rings is 3. The summed E-state index contributed by atoms with van der Waals surface area (Å²) in [5.74, 6) is 2.37. The Morgan fingerprint density at radius 3 is 2.21 bits per heavy atom. The molecule has 28 heavy (non-hydrogen) atoms. The Morgan fingerprint density at radius 1 is 0.821 bits per heavy atom. The summed E-state index contributed by atoms with van der Waals surface area (Å²) in [6.45, 7) is 3.38. The predicted molar refractivity (Wildman–Crippen MR) is 114 cm³/mol. The van der Waals surface area contributed by atoms with Gasteiger partial charge in [0.1, 0.15) is 11.9 Å². The first kappa shape index (κ1) is 19.6. The van der Waals surface area contributed by atoms with Gasteiger partial charge in [-0.15, -0.1) is 0 Å². The summed E-state index contributed by atoms with van der Waals surface area (Å²) in [7, 11) is 1.65. The second kappa shape index (κ2) is 10.3. The Morgan fingerprint density at radius 2 is 1.50 bits per heavy atom. The van der Waals surface area contributed by atoms with Crippen LogP contribution in [0.1, 0.15) is 12.5 Å². The topological polar surface area (TPSA) is 39.7 Å². The quantitative estimate of drug-likeness (QED) is 0.527. The van der Waals surface area contributed by atoms with Crippen LogP contribution in [0.25, 0.3) is 0 Å². The minimum absolute atomic E-state index is 0.00176. The number of ether oxygens (including phenoxy) is 3. The molecule has 1 atom stereocenters. The van der Waals surface area contributed by atoms with Crippen LogP contribution in [0.5, 0.6) is 17.2 Å². The van der Waals surface area contributed by atoms with Crippen molar-refractivity contribution in [3.05, 3.63) is 84.4 Å². The Balaban J connectivity index is 1.42. The van der Waals surface area contributed by atoms with Crippen LogP contribution in [0.2, 0.25) is 0 Å². The molecule has 3 aromatic rings. The number of hydrogen-bond acceptors (Lipinski definition) is 4. The predicted octanol–water partition coefficient (Wildman–Crippen LogP) is 5.20. The number of rotatable bonds is 10. The number of para-hydroxylation sites is 2. The Hall–Kier alpha value is -3.14. The summed E-state index contributed by atoms with van der Waals surface area (Å²) >= 11 is 0. The van der Waals surface area contributed by atoms with Crippen LogP contribution in [0.3, 0.4) is 0 Å². The van der Waals surface area contributed by atoms with Gasteiger partial charge in [0.2, 0.25) is 0 Å². The average Bonchev–Trinajstić information content (AvgIpc) is 2.74. The van der Waals surface area contributed by atoms with Crippen LogP contribution in [-0.2, 0) is 6.42 Å². The number of methoxy groups -OCH3 is 1. The lowest BCUT2D eigenvalue weighted by atomic mass is 10.2. The average molecular weight is 377 g/mol. The van der Waals surface area contributed by atoms with E-state index in [1.165, 1.54) is 5.56 Å². The zero-order chi connectivity index (χ0) is 19.6. The van der Waals surface area contributed by atoms with Crippen LogP contribution in [0, 0.1) is 0 Å². The van der Waals surface area contributed by atoms with Gasteiger partial charge in [0.25, 0.3) is 0 Å². The van der Waals surface area contributed by atoms with E-state index in [2.05, 4.69) is 17.4 Å². The summed E-state index contributed by atoms with van der Waals surface area (Å²) in [6.07, 6.45) is 0.900. The fraction of sp³-hybridized carbons (Fsp3) is 0.250. The van der Waals surface area contributed by atoms with Crippen molar-refractivity contribution in [3.63, 3.8) is 0 Å². The molecular formula is C24H27NO3. The third kappa shape index (κ3) is 5.95. The van der Waals surface area contributed by atoms with Gasteiger partial charge in [-0.05, 0) is 48.9 Å². The molecular weight excluding hydrogens is 350 g/mol. The van der Waals surface area contributed by atoms with Gasteiger partial charge in [0.15, 0.2) is 11.5 Å². The van der Waals surface area contributed by atoms with Crippen LogP contribution in [-0.4, -0.2) is 26.4 Å². The van der Waals surface area contributed by atoms with Gasteiger partial charge in [-0.1, -0.05) is 42.5 Å². The fourth-order valence-corrected chi connectivity index (χ4v) is 2.84. The van der Waals surface area contributed by atoms with E-state index in [0.29, 0.717) is 13.2 Å². The molecule has 3 aromatic carbocycles. The smallest absolute Gasteiger partial charge is 0.161 e. The summed E-state index contributed by atoms with van der Waals surface area (Å²) in [6, 6.07) is 26.0. The van der Waals surface area contributed by atoms with E-state index in [4.69, 9.17) is 14.2 Å². The lowest BCUT2D eigenvalue weighted by Gasteiger charge is -2.18. The highest BCUT2D eigenvalue weighted by Crippen LogP contribution is 2.26. The van der Waals surface area contributed by atoms with Gasteiger partial charge in [-0.3, -0.25) is 0 Å². The van der Waals surface area contributed by atoms with Gasteiger partial charge in [-0.2, -0.15) is 0 Å². The maximum Gasteiger partial charge on any atom is 0.161 e. The van der Waals surface area contributed by atoms with Crippen molar-refractivity contribution < 1.29 is 14.2 Å². The van der Waals surface area contributed by atoms with Crippen LogP contribution in [0.15, 0.2) is 78.9 Å². The Kier molecular flexibility index (Phi) is 7.19. The van der Waals surface area contributed by atoms with Crippen LogP contribution < -0.4 is 19.5 Å². The van der Waals surface area contributed by atoms with Crippen molar-refractivity contribution in [3.8, 4) is 17.2 Å².